The van der Waals surface area contributed by atoms with Gasteiger partial charge in [-0.3, -0.25) is 0 Å². The zero-order chi connectivity index (χ0) is 17.4. The molecule has 0 atom stereocenters. The van der Waals surface area contributed by atoms with E-state index in [0.717, 1.165) is 11.3 Å². The molecule has 0 bridgehead atoms. The molecule has 2 rings (SSSR count). The van der Waals surface area contributed by atoms with Gasteiger partial charge in [0.25, 0.3) is 0 Å². The summed E-state index contributed by atoms with van der Waals surface area (Å²) < 4.78 is 10.7. The average molecular weight is 329 g/mol. The molecule has 6 heteroatoms. The number of aryl methyl sites for hydroxylation is 1. The monoisotopic (exact) mass is 329 g/mol. The Bertz CT molecular complexity index is 684. The van der Waals surface area contributed by atoms with E-state index in [1.54, 1.807) is 13.2 Å². The first-order valence-corrected chi connectivity index (χ1v) is 7.66. The summed E-state index contributed by atoms with van der Waals surface area (Å²) in [4.78, 5) is 4.33. The zero-order valence-electron chi connectivity index (χ0n) is 14.0. The molecular weight excluding hydrogens is 306 g/mol. The lowest BCUT2D eigenvalue weighted by Gasteiger charge is -2.11. The molecule has 0 heterocycles. The van der Waals surface area contributed by atoms with Crippen LogP contribution in [0.2, 0.25) is 0 Å². The normalized spacial score (nSPS) is 11.2. The highest BCUT2D eigenvalue weighted by atomic mass is 16.5. The maximum atomic E-state index is 8.82. The molecule has 4 N–H and O–H groups in total. The van der Waals surface area contributed by atoms with Crippen molar-refractivity contribution in [1.82, 2.24) is 0 Å². The van der Waals surface area contributed by atoms with Crippen LogP contribution in [-0.4, -0.2) is 31.4 Å². The molecule has 128 valence electrons. The number of hydrogen-bond acceptors (Lipinski definition) is 4. The quantitative estimate of drug-likeness (QED) is 0.536. The Balaban J connectivity index is 2.00. The topological polar surface area (TPSA) is 89.1 Å². The molecule has 0 aliphatic rings. The van der Waals surface area contributed by atoms with Crippen molar-refractivity contribution in [3.05, 3.63) is 53.6 Å². The van der Waals surface area contributed by atoms with Crippen molar-refractivity contribution in [3.8, 4) is 11.5 Å². The molecule has 0 unspecified atom stereocenters. The van der Waals surface area contributed by atoms with E-state index in [-0.39, 0.29) is 13.2 Å². The van der Waals surface area contributed by atoms with Gasteiger partial charge in [-0.15, -0.1) is 0 Å². The van der Waals surface area contributed by atoms with E-state index in [0.29, 0.717) is 24.0 Å². The van der Waals surface area contributed by atoms with E-state index in [1.165, 1.54) is 5.56 Å². The van der Waals surface area contributed by atoms with Crippen molar-refractivity contribution in [2.24, 2.45) is 10.7 Å². The van der Waals surface area contributed by atoms with Crippen LogP contribution in [0.3, 0.4) is 0 Å². The van der Waals surface area contributed by atoms with Gasteiger partial charge in [0.15, 0.2) is 17.5 Å². The van der Waals surface area contributed by atoms with Gasteiger partial charge < -0.3 is 25.6 Å². The largest absolute Gasteiger partial charge is 0.493 e. The van der Waals surface area contributed by atoms with Gasteiger partial charge in [-0.25, -0.2) is 4.99 Å². The lowest BCUT2D eigenvalue weighted by Crippen LogP contribution is -2.22. The SMILES string of the molecule is COc1cc(CN=C(N)Nc2ccc(C)cc2)ccc1OCCO. The van der Waals surface area contributed by atoms with E-state index < -0.39 is 0 Å². The number of aliphatic hydroxyl groups excluding tert-OH is 1. The predicted octanol–water partition coefficient (Wildman–Crippen LogP) is 2.30. The Morgan fingerprint density at radius 3 is 2.58 bits per heavy atom. The van der Waals surface area contributed by atoms with Crippen molar-refractivity contribution in [3.63, 3.8) is 0 Å². The Hall–Kier alpha value is -2.73. The van der Waals surface area contributed by atoms with E-state index in [2.05, 4.69) is 10.3 Å². The van der Waals surface area contributed by atoms with E-state index in [4.69, 9.17) is 20.3 Å². The summed E-state index contributed by atoms with van der Waals surface area (Å²) in [5.41, 5.74) is 8.94. The van der Waals surface area contributed by atoms with Gasteiger partial charge in [-0.05, 0) is 36.8 Å². The number of rotatable bonds is 7. The number of methoxy groups -OCH3 is 1. The number of ether oxygens (including phenoxy) is 2. The smallest absolute Gasteiger partial charge is 0.193 e. The molecule has 24 heavy (non-hydrogen) atoms. The number of guanidine groups is 1. The van der Waals surface area contributed by atoms with Crippen molar-refractivity contribution >= 4 is 11.6 Å². The highest BCUT2D eigenvalue weighted by Gasteiger charge is 2.05. The number of aliphatic imine (C=N–C) groups is 1. The second kappa shape index (κ2) is 8.79. The molecule has 0 spiro atoms. The van der Waals surface area contributed by atoms with Crippen LogP contribution in [0, 0.1) is 6.92 Å². The Morgan fingerprint density at radius 2 is 1.92 bits per heavy atom. The van der Waals surface area contributed by atoms with Crippen molar-refractivity contribution < 1.29 is 14.6 Å². The molecule has 6 nitrogen and oxygen atoms in total. The Kier molecular flexibility index (Phi) is 6.45. The number of nitrogens with one attached hydrogen (secondary N) is 1. The summed E-state index contributed by atoms with van der Waals surface area (Å²) >= 11 is 0. The highest BCUT2D eigenvalue weighted by Crippen LogP contribution is 2.28. The van der Waals surface area contributed by atoms with Gasteiger partial charge in [0.05, 0.1) is 20.3 Å². The molecule has 0 radical (unpaired) electrons. The van der Waals surface area contributed by atoms with E-state index in [9.17, 15) is 0 Å². The van der Waals surface area contributed by atoms with Crippen LogP contribution in [-0.2, 0) is 6.54 Å². The summed E-state index contributed by atoms with van der Waals surface area (Å²) in [6.07, 6.45) is 0. The Labute approximate surface area is 141 Å². The highest BCUT2D eigenvalue weighted by molar-refractivity contribution is 5.92. The number of anilines is 1. The maximum Gasteiger partial charge on any atom is 0.193 e. The summed E-state index contributed by atoms with van der Waals surface area (Å²) in [6.45, 7) is 2.63. The van der Waals surface area contributed by atoms with Crippen LogP contribution in [0.4, 0.5) is 5.69 Å². The fourth-order valence-corrected chi connectivity index (χ4v) is 2.09. The lowest BCUT2D eigenvalue weighted by molar-refractivity contribution is 0.196. The molecular formula is C18H23N3O3. The van der Waals surface area contributed by atoms with Crippen molar-refractivity contribution in [2.45, 2.75) is 13.5 Å². The molecule has 0 saturated heterocycles. The molecule has 0 aromatic heterocycles. The molecule has 0 saturated carbocycles. The minimum atomic E-state index is -0.0452. The number of hydrogen-bond donors (Lipinski definition) is 3. The summed E-state index contributed by atoms with van der Waals surface area (Å²) in [5.74, 6) is 1.53. The minimum absolute atomic E-state index is 0.0452. The van der Waals surface area contributed by atoms with Crippen LogP contribution < -0.4 is 20.5 Å². The molecule has 2 aromatic carbocycles. The first kappa shape index (κ1) is 17.6. The fraction of sp³-hybridized carbons (Fsp3) is 0.278. The number of nitrogens with two attached hydrogens (primary N) is 1. The van der Waals surface area contributed by atoms with Crippen molar-refractivity contribution in [1.29, 1.82) is 0 Å². The van der Waals surface area contributed by atoms with Crippen molar-refractivity contribution in [2.75, 3.05) is 25.6 Å². The maximum absolute atomic E-state index is 8.82. The van der Waals surface area contributed by atoms with Gasteiger partial charge in [0.2, 0.25) is 0 Å². The van der Waals surface area contributed by atoms with Gasteiger partial charge in [0.1, 0.15) is 6.61 Å². The van der Waals surface area contributed by atoms with Crippen LogP contribution >= 0.6 is 0 Å². The summed E-state index contributed by atoms with van der Waals surface area (Å²) in [6, 6.07) is 13.4. The second-order valence-electron chi connectivity index (χ2n) is 5.25. The molecule has 0 fully saturated rings. The van der Waals surface area contributed by atoms with Crippen LogP contribution in [0.5, 0.6) is 11.5 Å². The van der Waals surface area contributed by atoms with Gasteiger partial charge >= 0.3 is 0 Å². The van der Waals surface area contributed by atoms with Gasteiger partial charge in [-0.2, -0.15) is 0 Å². The Morgan fingerprint density at radius 1 is 1.17 bits per heavy atom. The number of nitrogens with zero attached hydrogens (tertiary/aromatic N) is 1. The summed E-state index contributed by atoms with van der Waals surface area (Å²) in [5, 5.41) is 11.9. The average Bonchev–Trinajstić information content (AvgIpc) is 2.60. The minimum Gasteiger partial charge on any atom is -0.493 e. The zero-order valence-corrected chi connectivity index (χ0v) is 14.0. The molecule has 0 aliphatic heterocycles. The first-order valence-electron chi connectivity index (χ1n) is 7.66. The molecule has 0 amide bonds. The fourth-order valence-electron chi connectivity index (χ4n) is 2.09. The van der Waals surface area contributed by atoms with Gasteiger partial charge in [0, 0.05) is 5.69 Å². The van der Waals surface area contributed by atoms with Crippen LogP contribution in [0.25, 0.3) is 0 Å². The van der Waals surface area contributed by atoms with Crippen LogP contribution in [0.1, 0.15) is 11.1 Å². The molecule has 2 aromatic rings. The number of aliphatic hydroxyl groups is 1. The predicted molar refractivity (Wildman–Crippen MR) is 95.7 cm³/mol. The standard InChI is InChI=1S/C18H23N3O3/c1-13-3-6-15(7-4-13)21-18(19)20-12-14-5-8-16(24-10-9-22)17(11-14)23-2/h3-8,11,22H,9-10,12H2,1-2H3,(H3,19,20,21). The van der Waals surface area contributed by atoms with Gasteiger partial charge in [-0.1, -0.05) is 23.8 Å². The molecule has 0 aliphatic carbocycles. The second-order valence-corrected chi connectivity index (χ2v) is 5.25. The van der Waals surface area contributed by atoms with E-state index in [1.807, 2.05) is 43.3 Å². The third-order valence-electron chi connectivity index (χ3n) is 3.33. The third kappa shape index (κ3) is 5.17. The summed E-state index contributed by atoms with van der Waals surface area (Å²) in [7, 11) is 1.57. The lowest BCUT2D eigenvalue weighted by atomic mass is 10.2. The third-order valence-corrected chi connectivity index (χ3v) is 3.33. The van der Waals surface area contributed by atoms with Crippen LogP contribution in [0.15, 0.2) is 47.5 Å². The first-order chi connectivity index (χ1) is 11.6. The number of benzene rings is 2. The van der Waals surface area contributed by atoms with E-state index >= 15 is 0 Å².